The van der Waals surface area contributed by atoms with E-state index in [4.69, 9.17) is 14.2 Å². The van der Waals surface area contributed by atoms with Crippen molar-refractivity contribution in [1.82, 2.24) is 15.2 Å². The summed E-state index contributed by atoms with van der Waals surface area (Å²) in [7, 11) is 2.70. The summed E-state index contributed by atoms with van der Waals surface area (Å²) in [5.41, 5.74) is -0.616. The number of carboxylic acid groups (broad SMARTS) is 1. The molecule has 3 rings (SSSR count). The normalized spacial score (nSPS) is 21.4. The number of halogens is 3. The number of hydrogen-bond acceptors (Lipinski definition) is 7. The number of ether oxygens (including phenoxy) is 3. The molecule has 1 amide bonds. The Morgan fingerprint density at radius 1 is 1.12 bits per heavy atom. The topological polar surface area (TPSA) is 110 Å². The molecule has 2 N–H and O–H groups in total. The van der Waals surface area contributed by atoms with Gasteiger partial charge in [0.05, 0.1) is 31.9 Å². The molecule has 1 aromatic carbocycles. The molecule has 0 spiro atoms. The lowest BCUT2D eigenvalue weighted by Crippen LogP contribution is -2.48. The lowest BCUT2D eigenvalue weighted by molar-refractivity contribution is -0.145. The molecule has 9 nitrogen and oxygen atoms in total. The predicted octanol–water partition coefficient (Wildman–Crippen LogP) is 5.29. The predicted molar refractivity (Wildman–Crippen MR) is 140 cm³/mol. The summed E-state index contributed by atoms with van der Waals surface area (Å²) in [4.78, 5) is 31.8. The second kappa shape index (κ2) is 11.9. The molecular weight excluding hydrogens is 531 g/mol. The number of alkyl halides is 3. The average Bonchev–Trinajstić information content (AvgIpc) is 3.22. The maximum Gasteiger partial charge on any atom is 0.416 e. The van der Waals surface area contributed by atoms with Gasteiger partial charge in [-0.05, 0) is 43.5 Å². The van der Waals surface area contributed by atoms with Gasteiger partial charge in [0.2, 0.25) is 5.88 Å². The van der Waals surface area contributed by atoms with Gasteiger partial charge in [-0.2, -0.15) is 13.2 Å². The van der Waals surface area contributed by atoms with Crippen LogP contribution in [0, 0.1) is 11.3 Å². The third kappa shape index (κ3) is 6.43. The van der Waals surface area contributed by atoms with Crippen molar-refractivity contribution in [3.8, 4) is 11.6 Å². The molecule has 0 radical (unpaired) electrons. The second-order valence-electron chi connectivity index (χ2n) is 11.0. The van der Waals surface area contributed by atoms with Gasteiger partial charge >= 0.3 is 18.2 Å². The summed E-state index contributed by atoms with van der Waals surface area (Å²) in [6.07, 6.45) is -4.37. The van der Waals surface area contributed by atoms with Crippen LogP contribution in [-0.2, 0) is 22.3 Å². The van der Waals surface area contributed by atoms with E-state index in [0.29, 0.717) is 11.1 Å². The zero-order valence-corrected chi connectivity index (χ0v) is 23.6. The first-order chi connectivity index (χ1) is 18.6. The molecule has 0 bridgehead atoms. The van der Waals surface area contributed by atoms with Crippen molar-refractivity contribution in [1.29, 1.82) is 0 Å². The van der Waals surface area contributed by atoms with E-state index in [-0.39, 0.29) is 18.2 Å². The van der Waals surface area contributed by atoms with Crippen molar-refractivity contribution in [3.63, 3.8) is 0 Å². The molecule has 40 heavy (non-hydrogen) atoms. The Bertz CT molecular complexity index is 1210. The maximum atomic E-state index is 13.5. The number of hydrogen-bond donors (Lipinski definition) is 2. The number of carboxylic acids is 1. The van der Waals surface area contributed by atoms with E-state index in [2.05, 4.69) is 10.3 Å². The molecule has 12 heteroatoms. The minimum absolute atomic E-state index is 0.0222. The fraction of sp³-hybridized carbons (Fsp3) is 0.536. The molecule has 0 unspecified atom stereocenters. The van der Waals surface area contributed by atoms with Crippen molar-refractivity contribution in [3.05, 3.63) is 53.2 Å². The fourth-order valence-corrected chi connectivity index (χ4v) is 5.36. The molecule has 0 saturated carbocycles. The molecular formula is C28H36F3N3O6. The monoisotopic (exact) mass is 567 g/mol. The van der Waals surface area contributed by atoms with Crippen LogP contribution < -0.4 is 14.8 Å². The lowest BCUT2D eigenvalue weighted by atomic mass is 9.72. The molecule has 0 aliphatic carbocycles. The van der Waals surface area contributed by atoms with E-state index in [1.165, 1.54) is 31.4 Å². The standard InChI is InChI=1S/C28H36F3N3O6/c1-15(2)40-26(37)34-22(18-9-8-12-32-24(18)39-7)21(20(27(3,4)5)23(34)25(35)36)33-14-16-10-11-17(28(29,30)31)13-19(16)38-6/h8-13,15,20-23,33H,14H2,1-7H3,(H,35,36)/t20-,21-,22-,23-/m0/s1. The molecule has 2 heterocycles. The first-order valence-corrected chi connectivity index (χ1v) is 12.8. The first-order valence-electron chi connectivity index (χ1n) is 12.8. The third-order valence-corrected chi connectivity index (χ3v) is 6.92. The van der Waals surface area contributed by atoms with Gasteiger partial charge in [0, 0.05) is 35.8 Å². The van der Waals surface area contributed by atoms with Gasteiger partial charge in [-0.25, -0.2) is 14.6 Å². The van der Waals surface area contributed by atoms with Crippen LogP contribution in [0.15, 0.2) is 36.5 Å². The largest absolute Gasteiger partial charge is 0.496 e. The fourth-order valence-electron chi connectivity index (χ4n) is 5.36. The van der Waals surface area contributed by atoms with Crippen molar-refractivity contribution in [2.24, 2.45) is 11.3 Å². The number of rotatable bonds is 8. The number of aromatic nitrogens is 1. The number of benzene rings is 1. The Morgan fingerprint density at radius 3 is 2.33 bits per heavy atom. The minimum Gasteiger partial charge on any atom is -0.496 e. The van der Waals surface area contributed by atoms with Gasteiger partial charge < -0.3 is 24.6 Å². The van der Waals surface area contributed by atoms with E-state index >= 15 is 0 Å². The van der Waals surface area contributed by atoms with Gasteiger partial charge in [-0.1, -0.05) is 26.8 Å². The zero-order chi connectivity index (χ0) is 30.0. The number of amides is 1. The van der Waals surface area contributed by atoms with Crippen LogP contribution in [0.25, 0.3) is 0 Å². The van der Waals surface area contributed by atoms with Crippen molar-refractivity contribution >= 4 is 12.1 Å². The molecule has 2 aromatic rings. The van der Waals surface area contributed by atoms with Crippen molar-refractivity contribution in [2.75, 3.05) is 14.2 Å². The first kappa shape index (κ1) is 31.0. The van der Waals surface area contributed by atoms with Crippen LogP contribution in [0.4, 0.5) is 18.0 Å². The summed E-state index contributed by atoms with van der Waals surface area (Å²) in [6, 6.07) is 3.64. The van der Waals surface area contributed by atoms with Crippen LogP contribution in [0.5, 0.6) is 11.6 Å². The molecule has 4 atom stereocenters. The summed E-state index contributed by atoms with van der Waals surface area (Å²) in [5, 5.41) is 13.8. The van der Waals surface area contributed by atoms with Crippen molar-refractivity contribution in [2.45, 2.75) is 71.6 Å². The number of likely N-dealkylation sites (tertiary alicyclic amines) is 1. The maximum absolute atomic E-state index is 13.5. The van der Waals surface area contributed by atoms with Crippen LogP contribution >= 0.6 is 0 Å². The highest BCUT2D eigenvalue weighted by molar-refractivity contribution is 5.82. The van der Waals surface area contributed by atoms with E-state index < -0.39 is 59.4 Å². The Hall–Kier alpha value is -3.54. The third-order valence-electron chi connectivity index (χ3n) is 6.92. The van der Waals surface area contributed by atoms with Gasteiger partial charge in [0.15, 0.2) is 0 Å². The van der Waals surface area contributed by atoms with E-state index in [1.807, 2.05) is 20.8 Å². The lowest BCUT2D eigenvalue weighted by Gasteiger charge is -2.35. The summed E-state index contributed by atoms with van der Waals surface area (Å²) >= 11 is 0. The minimum atomic E-state index is -4.55. The highest BCUT2D eigenvalue weighted by Gasteiger charge is 2.59. The Labute approximate surface area is 231 Å². The van der Waals surface area contributed by atoms with Crippen LogP contribution in [0.2, 0.25) is 0 Å². The van der Waals surface area contributed by atoms with Gasteiger partial charge in [0.25, 0.3) is 0 Å². The average molecular weight is 568 g/mol. The molecule has 220 valence electrons. The highest BCUT2D eigenvalue weighted by atomic mass is 19.4. The SMILES string of the molecule is COc1cc(C(F)(F)F)ccc1CN[C@H]1[C@H](C(C)(C)C)[C@@H](C(=O)O)N(C(=O)OC(C)C)[C@H]1c1cccnc1OC. The summed E-state index contributed by atoms with van der Waals surface area (Å²) in [5.74, 6) is -1.66. The molecule has 1 aliphatic rings. The van der Waals surface area contributed by atoms with Crippen LogP contribution in [0.3, 0.4) is 0 Å². The van der Waals surface area contributed by atoms with Gasteiger partial charge in [-0.15, -0.1) is 0 Å². The second-order valence-corrected chi connectivity index (χ2v) is 11.0. The van der Waals surface area contributed by atoms with Crippen LogP contribution in [-0.4, -0.2) is 59.5 Å². The number of nitrogens with zero attached hydrogens (tertiary/aromatic N) is 2. The number of nitrogens with one attached hydrogen (secondary N) is 1. The Kier molecular flexibility index (Phi) is 9.23. The summed E-state index contributed by atoms with van der Waals surface area (Å²) in [6.45, 7) is 8.97. The quantitative estimate of drug-likeness (QED) is 0.443. The molecule has 1 aliphatic heterocycles. The number of carbonyl (C=O) groups is 2. The Balaban J connectivity index is 2.17. The summed E-state index contributed by atoms with van der Waals surface area (Å²) < 4.78 is 56.1. The molecule has 1 saturated heterocycles. The van der Waals surface area contributed by atoms with Crippen LogP contribution in [0.1, 0.15) is 57.4 Å². The Morgan fingerprint density at radius 2 is 1.80 bits per heavy atom. The smallest absolute Gasteiger partial charge is 0.416 e. The molecule has 1 aromatic heterocycles. The van der Waals surface area contributed by atoms with E-state index in [9.17, 15) is 27.9 Å². The number of aliphatic carboxylic acids is 1. The number of pyridine rings is 1. The number of methoxy groups -OCH3 is 2. The van der Waals surface area contributed by atoms with E-state index in [0.717, 1.165) is 12.1 Å². The van der Waals surface area contributed by atoms with Gasteiger partial charge in [0.1, 0.15) is 11.8 Å². The molecule has 1 fully saturated rings. The van der Waals surface area contributed by atoms with Crippen molar-refractivity contribution < 1.29 is 42.1 Å². The zero-order valence-electron chi connectivity index (χ0n) is 23.6. The number of carbonyl (C=O) groups excluding carboxylic acids is 1. The van der Waals surface area contributed by atoms with E-state index in [1.54, 1.807) is 26.0 Å². The highest BCUT2D eigenvalue weighted by Crippen LogP contribution is 2.50. The van der Waals surface area contributed by atoms with Gasteiger partial charge in [-0.3, -0.25) is 4.90 Å².